The molecule has 3 aromatic rings. The number of hydrogen-bond acceptors (Lipinski definition) is 5. The molecule has 1 aliphatic carbocycles. The molecule has 2 aliphatic heterocycles. The fourth-order valence-corrected chi connectivity index (χ4v) is 6.21. The molecule has 2 N–H and O–H groups in total. The number of H-pyrrole nitrogens is 2. The largest absolute Gasteiger partial charge is 0.347 e. The van der Waals surface area contributed by atoms with Gasteiger partial charge in [0.1, 0.15) is 11.6 Å². The lowest BCUT2D eigenvalue weighted by Gasteiger charge is -2.45. The topological polar surface area (TPSA) is 84.2 Å². The fraction of sp³-hybridized carbons (Fsp3) is 0.536. The highest BCUT2D eigenvalue weighted by atomic mass is 16.2. The first-order valence-electron chi connectivity index (χ1n) is 13.5. The van der Waals surface area contributed by atoms with Gasteiger partial charge in [-0.2, -0.15) is 0 Å². The maximum absolute atomic E-state index is 13.4. The van der Waals surface area contributed by atoms with E-state index < -0.39 is 0 Å². The average molecular weight is 488 g/mol. The molecule has 1 aromatic carbocycles. The highest BCUT2D eigenvalue weighted by Crippen LogP contribution is 2.42. The van der Waals surface area contributed by atoms with Crippen LogP contribution in [0.2, 0.25) is 0 Å². The van der Waals surface area contributed by atoms with E-state index in [1.165, 1.54) is 70.3 Å². The van der Waals surface area contributed by atoms with E-state index in [0.29, 0.717) is 24.1 Å². The van der Waals surface area contributed by atoms with E-state index in [1.54, 1.807) is 29.7 Å². The van der Waals surface area contributed by atoms with Crippen molar-refractivity contribution in [1.82, 2.24) is 34.6 Å². The molecule has 190 valence electrons. The van der Waals surface area contributed by atoms with Crippen LogP contribution in [0, 0.1) is 5.41 Å². The lowest BCUT2D eigenvalue weighted by molar-refractivity contribution is 0.0463. The number of aromatic amines is 2. The minimum atomic E-state index is -0.0207. The first-order valence-corrected chi connectivity index (χ1v) is 13.5. The van der Waals surface area contributed by atoms with Crippen molar-refractivity contribution in [3.63, 3.8) is 0 Å². The van der Waals surface area contributed by atoms with Crippen LogP contribution in [0.4, 0.5) is 0 Å². The third-order valence-electron chi connectivity index (χ3n) is 8.65. The number of benzene rings is 1. The molecule has 36 heavy (non-hydrogen) atoms. The first kappa shape index (κ1) is 23.4. The minimum absolute atomic E-state index is 0.0207. The molecule has 0 unspecified atom stereocenters. The minimum Gasteiger partial charge on any atom is -0.347 e. The van der Waals surface area contributed by atoms with Gasteiger partial charge < -0.3 is 19.8 Å². The zero-order chi connectivity index (χ0) is 24.4. The van der Waals surface area contributed by atoms with Crippen LogP contribution in [0.25, 0.3) is 0 Å². The van der Waals surface area contributed by atoms with Gasteiger partial charge in [0.05, 0.1) is 13.1 Å². The summed E-state index contributed by atoms with van der Waals surface area (Å²) >= 11 is 0. The summed E-state index contributed by atoms with van der Waals surface area (Å²) in [6.45, 7) is 6.76. The summed E-state index contributed by atoms with van der Waals surface area (Å²) in [4.78, 5) is 35.3. The predicted molar refractivity (Wildman–Crippen MR) is 138 cm³/mol. The van der Waals surface area contributed by atoms with Crippen LogP contribution in [-0.2, 0) is 19.6 Å². The highest BCUT2D eigenvalue weighted by molar-refractivity contribution is 5.94. The predicted octanol–water partition coefficient (Wildman–Crippen LogP) is 3.82. The quantitative estimate of drug-likeness (QED) is 0.505. The van der Waals surface area contributed by atoms with E-state index in [0.717, 1.165) is 24.2 Å². The van der Waals surface area contributed by atoms with Gasteiger partial charge in [0.25, 0.3) is 5.91 Å². The number of imidazole rings is 2. The van der Waals surface area contributed by atoms with Gasteiger partial charge >= 0.3 is 0 Å². The van der Waals surface area contributed by atoms with Gasteiger partial charge in [-0.25, -0.2) is 9.97 Å². The molecular formula is C28H37N7O. The van der Waals surface area contributed by atoms with Crippen molar-refractivity contribution >= 4 is 5.91 Å². The van der Waals surface area contributed by atoms with Crippen LogP contribution in [-0.4, -0.2) is 72.8 Å². The molecular weight excluding hydrogens is 450 g/mol. The molecule has 2 aromatic heterocycles. The summed E-state index contributed by atoms with van der Waals surface area (Å²) in [6.07, 6.45) is 15.3. The van der Waals surface area contributed by atoms with Crippen molar-refractivity contribution < 1.29 is 4.79 Å². The van der Waals surface area contributed by atoms with Gasteiger partial charge in [-0.3, -0.25) is 9.69 Å². The second-order valence-electron chi connectivity index (χ2n) is 11.0. The molecule has 4 heterocycles. The van der Waals surface area contributed by atoms with Crippen molar-refractivity contribution in [1.29, 1.82) is 0 Å². The molecule has 1 amide bonds. The van der Waals surface area contributed by atoms with Gasteiger partial charge in [0.2, 0.25) is 0 Å². The molecule has 8 nitrogen and oxygen atoms in total. The number of nitrogens with one attached hydrogen (secondary N) is 2. The number of rotatable bonds is 8. The lowest BCUT2D eigenvalue weighted by atomic mass is 9.76. The number of nitrogens with zero attached hydrogens (tertiary/aromatic N) is 5. The third-order valence-corrected chi connectivity index (χ3v) is 8.65. The van der Waals surface area contributed by atoms with Gasteiger partial charge in [0.15, 0.2) is 0 Å². The van der Waals surface area contributed by atoms with E-state index in [2.05, 4.69) is 41.9 Å². The molecule has 1 spiro atoms. The smallest absolute Gasteiger partial charge is 0.254 e. The Balaban J connectivity index is 1.06. The fourth-order valence-electron chi connectivity index (χ4n) is 6.21. The van der Waals surface area contributed by atoms with Crippen molar-refractivity contribution in [2.24, 2.45) is 5.41 Å². The monoisotopic (exact) mass is 487 g/mol. The summed E-state index contributed by atoms with van der Waals surface area (Å²) in [5.41, 5.74) is 2.49. The molecule has 0 bridgehead atoms. The van der Waals surface area contributed by atoms with Crippen LogP contribution < -0.4 is 0 Å². The van der Waals surface area contributed by atoms with Gasteiger partial charge in [-0.1, -0.05) is 18.6 Å². The molecule has 0 radical (unpaired) electrons. The van der Waals surface area contributed by atoms with Crippen LogP contribution in [0.3, 0.4) is 0 Å². The highest BCUT2D eigenvalue weighted by Gasteiger charge is 2.42. The molecule has 2 saturated heterocycles. The maximum Gasteiger partial charge on any atom is 0.254 e. The molecule has 8 heteroatoms. The zero-order valence-corrected chi connectivity index (χ0v) is 21.0. The van der Waals surface area contributed by atoms with Crippen LogP contribution in [0.1, 0.15) is 66.1 Å². The summed E-state index contributed by atoms with van der Waals surface area (Å²) in [7, 11) is 0. The van der Waals surface area contributed by atoms with E-state index in [4.69, 9.17) is 0 Å². The molecule has 6 rings (SSSR count). The van der Waals surface area contributed by atoms with Gasteiger partial charge in [-0.15, -0.1) is 0 Å². The zero-order valence-electron chi connectivity index (χ0n) is 21.0. The van der Waals surface area contributed by atoms with Crippen LogP contribution >= 0.6 is 0 Å². The Bertz CT molecular complexity index is 1080. The summed E-state index contributed by atoms with van der Waals surface area (Å²) in [5.74, 6) is 1.49. The van der Waals surface area contributed by atoms with Crippen LogP contribution in [0.15, 0.2) is 49.1 Å². The number of carbonyl (C=O) groups excluding carboxylic acids is 1. The Morgan fingerprint density at radius 1 is 0.944 bits per heavy atom. The van der Waals surface area contributed by atoms with Gasteiger partial charge in [0, 0.05) is 49.5 Å². The van der Waals surface area contributed by atoms with E-state index >= 15 is 0 Å². The standard InChI is InChI=1S/C28H37N7O/c36-27(35(19-25-29-11-12-30-25)20-26-31-13-14-32-26)23-6-4-22(5-7-23)18-33-15-8-28(21-33)9-16-34(17-10-28)24-2-1-3-24/h4-7,11-14,24H,1-3,8-10,15-21H2,(H,29,30)(H,31,32). The molecule has 0 atom stereocenters. The number of aromatic nitrogens is 4. The Kier molecular flexibility index (Phi) is 6.63. The SMILES string of the molecule is O=C(c1ccc(CN2CCC3(CCN(C4CCC4)CC3)C2)cc1)N(Cc1ncc[nH]1)Cc1ncc[nH]1. The average Bonchev–Trinajstić information content (AvgIpc) is 3.63. The maximum atomic E-state index is 13.4. The Morgan fingerprint density at radius 2 is 1.58 bits per heavy atom. The number of amides is 1. The van der Waals surface area contributed by atoms with Crippen molar-refractivity contribution in [3.05, 3.63) is 71.8 Å². The molecule has 3 fully saturated rings. The summed E-state index contributed by atoms with van der Waals surface area (Å²) in [6, 6.07) is 9.07. The Morgan fingerprint density at radius 3 is 2.14 bits per heavy atom. The second kappa shape index (κ2) is 10.2. The molecule has 3 aliphatic rings. The first-order chi connectivity index (χ1) is 17.7. The normalized spacial score (nSPS) is 20.6. The van der Waals surface area contributed by atoms with Crippen molar-refractivity contribution in [3.8, 4) is 0 Å². The Hall–Kier alpha value is -2.97. The van der Waals surface area contributed by atoms with Crippen molar-refractivity contribution in [2.75, 3.05) is 26.2 Å². The van der Waals surface area contributed by atoms with E-state index in [1.807, 2.05) is 12.1 Å². The summed E-state index contributed by atoms with van der Waals surface area (Å²) < 4.78 is 0. The van der Waals surface area contributed by atoms with E-state index in [9.17, 15) is 4.79 Å². The molecule has 1 saturated carbocycles. The third kappa shape index (κ3) is 5.11. The number of piperidine rings is 1. The van der Waals surface area contributed by atoms with Crippen molar-refractivity contribution in [2.45, 2.75) is 64.2 Å². The second-order valence-corrected chi connectivity index (χ2v) is 11.0. The Labute approximate surface area is 213 Å². The van der Waals surface area contributed by atoms with E-state index in [-0.39, 0.29) is 5.91 Å². The number of hydrogen-bond donors (Lipinski definition) is 2. The van der Waals surface area contributed by atoms with Gasteiger partial charge in [-0.05, 0) is 74.8 Å². The van der Waals surface area contributed by atoms with Crippen LogP contribution in [0.5, 0.6) is 0 Å². The number of carbonyl (C=O) groups is 1. The number of likely N-dealkylation sites (tertiary alicyclic amines) is 2. The lowest BCUT2D eigenvalue weighted by Crippen LogP contribution is -2.48. The summed E-state index contributed by atoms with van der Waals surface area (Å²) in [5, 5.41) is 0.